The normalized spacial score (nSPS) is 12.1. The molecule has 7 heteroatoms. The molecule has 3 rings (SSSR count). The van der Waals surface area contributed by atoms with Crippen LogP contribution in [0.2, 0.25) is 0 Å². The number of likely N-dealkylation sites (N-methyl/N-ethyl adjacent to an activating group) is 1. The van der Waals surface area contributed by atoms with Gasteiger partial charge in [-0.25, -0.2) is 0 Å². The summed E-state index contributed by atoms with van der Waals surface area (Å²) in [6.07, 6.45) is 0. The van der Waals surface area contributed by atoms with Crippen molar-refractivity contribution in [3.63, 3.8) is 0 Å². The molecule has 1 aromatic carbocycles. The fraction of sp³-hybridized carbons (Fsp3) is 0.235. The molecule has 24 heavy (non-hydrogen) atoms. The Morgan fingerprint density at radius 2 is 2.08 bits per heavy atom. The van der Waals surface area contributed by atoms with Crippen LogP contribution < -0.4 is 0 Å². The summed E-state index contributed by atoms with van der Waals surface area (Å²) in [6, 6.07) is 13.9. The predicted octanol–water partition coefficient (Wildman–Crippen LogP) is 3.89. The van der Waals surface area contributed by atoms with Crippen molar-refractivity contribution < 1.29 is 4.79 Å². The molecule has 0 aliphatic carbocycles. The number of nitrogens with zero attached hydrogens (tertiary/aromatic N) is 3. The molecule has 0 fully saturated rings. The first-order valence-corrected chi connectivity index (χ1v) is 8.86. The Hall–Kier alpha value is -2.25. The lowest BCUT2D eigenvalue weighted by molar-refractivity contribution is -0.132. The molecule has 1 atom stereocenters. The first-order valence-electron chi connectivity index (χ1n) is 7.57. The molecular weight excluding hydrogens is 340 g/mol. The van der Waals surface area contributed by atoms with Gasteiger partial charge < -0.3 is 4.90 Å². The molecule has 0 saturated carbocycles. The number of aromatic amines is 1. The van der Waals surface area contributed by atoms with Crippen molar-refractivity contribution in [1.82, 2.24) is 19.7 Å². The number of amides is 1. The zero-order valence-electron chi connectivity index (χ0n) is 13.5. The van der Waals surface area contributed by atoms with Gasteiger partial charge in [0.25, 0.3) is 0 Å². The van der Waals surface area contributed by atoms with Crippen LogP contribution in [0.3, 0.4) is 0 Å². The van der Waals surface area contributed by atoms with Gasteiger partial charge in [-0.1, -0.05) is 36.4 Å². The molecule has 3 aromatic rings. The van der Waals surface area contributed by atoms with Crippen molar-refractivity contribution in [2.45, 2.75) is 19.5 Å². The minimum Gasteiger partial charge on any atom is -0.337 e. The largest absolute Gasteiger partial charge is 0.337 e. The van der Waals surface area contributed by atoms with E-state index in [1.54, 1.807) is 20.8 Å². The average molecular weight is 358 g/mol. The number of aromatic nitrogens is 3. The first kappa shape index (κ1) is 16.6. The van der Waals surface area contributed by atoms with Crippen LogP contribution in [0.5, 0.6) is 0 Å². The summed E-state index contributed by atoms with van der Waals surface area (Å²) in [5.74, 6) is 0.686. The van der Waals surface area contributed by atoms with Crippen LogP contribution >= 0.6 is 23.6 Å². The van der Waals surface area contributed by atoms with Crippen LogP contribution in [0.15, 0.2) is 47.8 Å². The van der Waals surface area contributed by atoms with Crippen molar-refractivity contribution in [1.29, 1.82) is 0 Å². The Bertz CT molecular complexity index is 868. The van der Waals surface area contributed by atoms with Gasteiger partial charge in [-0.15, -0.1) is 11.3 Å². The van der Waals surface area contributed by atoms with E-state index in [0.717, 1.165) is 10.4 Å². The van der Waals surface area contributed by atoms with E-state index in [1.165, 1.54) is 0 Å². The summed E-state index contributed by atoms with van der Waals surface area (Å²) < 4.78 is 2.20. The third-order valence-corrected chi connectivity index (χ3v) is 5.23. The molecular formula is C17H18N4OS2. The van der Waals surface area contributed by atoms with E-state index >= 15 is 0 Å². The quantitative estimate of drug-likeness (QED) is 0.704. The van der Waals surface area contributed by atoms with Crippen LogP contribution in [0, 0.1) is 4.77 Å². The van der Waals surface area contributed by atoms with Gasteiger partial charge in [-0.2, -0.15) is 5.10 Å². The second-order valence-electron chi connectivity index (χ2n) is 5.51. The number of rotatable bonds is 5. The number of H-pyrrole nitrogens is 1. The van der Waals surface area contributed by atoms with Gasteiger partial charge in [0.2, 0.25) is 5.91 Å². The van der Waals surface area contributed by atoms with Gasteiger partial charge in [-0.05, 0) is 36.2 Å². The number of carbonyl (C=O) groups is 1. The lowest BCUT2D eigenvalue weighted by atomic mass is 10.1. The number of thiophene rings is 1. The lowest BCUT2D eigenvalue weighted by Crippen LogP contribution is -2.32. The highest BCUT2D eigenvalue weighted by Crippen LogP contribution is 2.24. The van der Waals surface area contributed by atoms with Crippen LogP contribution in [-0.2, 0) is 11.3 Å². The Labute approximate surface area is 149 Å². The third kappa shape index (κ3) is 3.32. The summed E-state index contributed by atoms with van der Waals surface area (Å²) in [5, 5.41) is 9.02. The highest BCUT2D eigenvalue weighted by molar-refractivity contribution is 7.71. The van der Waals surface area contributed by atoms with E-state index in [2.05, 4.69) is 10.2 Å². The maximum Gasteiger partial charge on any atom is 0.242 e. The van der Waals surface area contributed by atoms with Crippen molar-refractivity contribution in [2.75, 3.05) is 7.05 Å². The lowest BCUT2D eigenvalue weighted by Gasteiger charge is -2.25. The second-order valence-corrected chi connectivity index (χ2v) is 6.84. The third-order valence-electron chi connectivity index (χ3n) is 4.05. The minimum atomic E-state index is -0.0124. The molecule has 1 N–H and O–H groups in total. The maximum atomic E-state index is 12.7. The van der Waals surface area contributed by atoms with Crippen molar-refractivity contribution in [3.8, 4) is 10.7 Å². The zero-order valence-corrected chi connectivity index (χ0v) is 15.1. The first-order chi connectivity index (χ1) is 11.6. The van der Waals surface area contributed by atoms with E-state index in [4.69, 9.17) is 12.2 Å². The van der Waals surface area contributed by atoms with Gasteiger partial charge in [0, 0.05) is 7.05 Å². The van der Waals surface area contributed by atoms with E-state index < -0.39 is 0 Å². The minimum absolute atomic E-state index is 0.00930. The predicted molar refractivity (Wildman–Crippen MR) is 98.4 cm³/mol. The number of carbonyl (C=O) groups excluding carboxylic acids is 1. The topological polar surface area (TPSA) is 53.9 Å². The second kappa shape index (κ2) is 7.11. The number of hydrogen-bond acceptors (Lipinski definition) is 4. The molecule has 2 aromatic heterocycles. The van der Waals surface area contributed by atoms with Gasteiger partial charge in [0.1, 0.15) is 6.54 Å². The highest BCUT2D eigenvalue weighted by Gasteiger charge is 2.20. The molecule has 0 saturated heterocycles. The zero-order chi connectivity index (χ0) is 17.1. The van der Waals surface area contributed by atoms with E-state index in [-0.39, 0.29) is 18.5 Å². The van der Waals surface area contributed by atoms with Crippen LogP contribution in [0.1, 0.15) is 18.5 Å². The summed E-state index contributed by atoms with van der Waals surface area (Å²) >= 11 is 6.86. The molecule has 1 amide bonds. The summed E-state index contributed by atoms with van der Waals surface area (Å²) in [7, 11) is 1.81. The van der Waals surface area contributed by atoms with E-state index in [0.29, 0.717) is 10.6 Å². The van der Waals surface area contributed by atoms with E-state index in [1.807, 2.05) is 61.8 Å². The fourth-order valence-corrected chi connectivity index (χ4v) is 3.39. The maximum absolute atomic E-state index is 12.7. The van der Waals surface area contributed by atoms with Gasteiger partial charge >= 0.3 is 0 Å². The van der Waals surface area contributed by atoms with Crippen molar-refractivity contribution >= 4 is 29.5 Å². The Morgan fingerprint density at radius 1 is 1.33 bits per heavy atom. The van der Waals surface area contributed by atoms with Crippen LogP contribution in [0.4, 0.5) is 0 Å². The molecule has 0 radical (unpaired) electrons. The number of hydrogen-bond donors (Lipinski definition) is 1. The van der Waals surface area contributed by atoms with Gasteiger partial charge in [0.15, 0.2) is 10.6 Å². The Balaban J connectivity index is 1.80. The fourth-order valence-electron chi connectivity index (χ4n) is 2.48. The summed E-state index contributed by atoms with van der Waals surface area (Å²) in [4.78, 5) is 15.4. The SMILES string of the molecule is CC(c1ccccc1)N(C)C(=O)Cn1c(-c2cccs2)n[nH]c1=S. The van der Waals surface area contributed by atoms with Crippen LogP contribution in [0.25, 0.3) is 10.7 Å². The molecule has 5 nitrogen and oxygen atoms in total. The van der Waals surface area contributed by atoms with Gasteiger partial charge in [0.05, 0.1) is 10.9 Å². The molecule has 0 spiro atoms. The number of nitrogens with one attached hydrogen (secondary N) is 1. The molecule has 2 heterocycles. The van der Waals surface area contributed by atoms with Gasteiger partial charge in [-0.3, -0.25) is 14.5 Å². The molecule has 124 valence electrons. The summed E-state index contributed by atoms with van der Waals surface area (Å²) in [6.45, 7) is 2.18. The number of benzene rings is 1. The molecule has 0 bridgehead atoms. The highest BCUT2D eigenvalue weighted by atomic mass is 32.1. The molecule has 0 aliphatic rings. The Morgan fingerprint density at radius 3 is 2.75 bits per heavy atom. The smallest absolute Gasteiger partial charge is 0.242 e. The monoisotopic (exact) mass is 358 g/mol. The van der Waals surface area contributed by atoms with Crippen molar-refractivity contribution in [2.24, 2.45) is 0 Å². The average Bonchev–Trinajstić information content (AvgIpc) is 3.25. The standard InChI is InChI=1S/C17H18N4OS2/c1-12(13-7-4-3-5-8-13)20(2)15(22)11-21-16(18-19-17(21)23)14-9-6-10-24-14/h3-10,12H,11H2,1-2H3,(H,19,23). The molecule has 0 aliphatic heterocycles. The summed E-state index contributed by atoms with van der Waals surface area (Å²) in [5.41, 5.74) is 1.10. The van der Waals surface area contributed by atoms with Crippen LogP contribution in [-0.4, -0.2) is 32.6 Å². The Kier molecular flexibility index (Phi) is 4.92. The van der Waals surface area contributed by atoms with Crippen molar-refractivity contribution in [3.05, 3.63) is 58.2 Å². The molecule has 1 unspecified atom stereocenters. The van der Waals surface area contributed by atoms with E-state index in [9.17, 15) is 4.79 Å².